The van der Waals surface area contributed by atoms with Crippen molar-refractivity contribution < 1.29 is 14.5 Å². The molecule has 0 spiro atoms. The maximum atomic E-state index is 13.1. The van der Waals surface area contributed by atoms with Crippen molar-refractivity contribution in [3.8, 4) is 0 Å². The van der Waals surface area contributed by atoms with Crippen molar-refractivity contribution in [1.82, 2.24) is 4.90 Å². The zero-order chi connectivity index (χ0) is 21.1. The van der Waals surface area contributed by atoms with Gasteiger partial charge in [-0.1, -0.05) is 24.3 Å². The first-order valence-electron chi connectivity index (χ1n) is 9.12. The molecule has 1 aromatic heterocycles. The summed E-state index contributed by atoms with van der Waals surface area (Å²) in [7, 11) is 0. The highest BCUT2D eigenvalue weighted by Gasteiger charge is 2.28. The Kier molecular flexibility index (Phi) is 5.44. The summed E-state index contributed by atoms with van der Waals surface area (Å²) in [4.78, 5) is 46.9. The van der Waals surface area contributed by atoms with Crippen LogP contribution in [-0.2, 0) is 11.3 Å². The van der Waals surface area contributed by atoms with Gasteiger partial charge in [0.25, 0.3) is 17.5 Å². The molecule has 8 nitrogen and oxygen atoms in total. The lowest BCUT2D eigenvalue weighted by atomic mass is 9.96. The molecule has 0 saturated heterocycles. The van der Waals surface area contributed by atoms with Crippen molar-refractivity contribution in [2.75, 3.05) is 6.54 Å². The van der Waals surface area contributed by atoms with Gasteiger partial charge in [-0.05, 0) is 29.7 Å². The molecule has 2 amide bonds. The minimum Gasteiger partial charge on any atom is -0.326 e. The molecule has 0 bridgehead atoms. The zero-order valence-corrected chi connectivity index (χ0v) is 16.5. The summed E-state index contributed by atoms with van der Waals surface area (Å²) >= 11 is 1.50. The van der Waals surface area contributed by atoms with Crippen molar-refractivity contribution in [2.24, 2.45) is 15.9 Å². The van der Waals surface area contributed by atoms with Gasteiger partial charge in [0.1, 0.15) is 5.92 Å². The fraction of sp³-hybridized carbons (Fsp3) is 0.143. The topological polar surface area (TPSA) is 105 Å². The molecule has 30 heavy (non-hydrogen) atoms. The lowest BCUT2D eigenvalue weighted by Crippen LogP contribution is -2.37. The standard InChI is InChI=1S/C21H16N4O4S/c26-20-17-5-1-2-6-18(17)22-19(23-20)13-24(12-16-4-3-11-30-16)21(27)14-7-9-15(10-8-14)25(28)29/h1-11,17H,12-13H2. The van der Waals surface area contributed by atoms with Gasteiger partial charge < -0.3 is 4.90 Å². The van der Waals surface area contributed by atoms with Crippen LogP contribution >= 0.6 is 11.3 Å². The first-order valence-corrected chi connectivity index (χ1v) is 10.0. The SMILES string of the molecule is O=C1N=C(CN(Cc2cccs2)C(=O)c2ccc([N+](=O)[O-])cc2)N=C2C=CC=CC12. The second kappa shape index (κ2) is 8.34. The van der Waals surface area contributed by atoms with Crippen molar-refractivity contribution in [1.29, 1.82) is 0 Å². The van der Waals surface area contributed by atoms with Gasteiger partial charge in [0, 0.05) is 22.6 Å². The van der Waals surface area contributed by atoms with E-state index in [9.17, 15) is 19.7 Å². The van der Waals surface area contributed by atoms with Crippen molar-refractivity contribution in [2.45, 2.75) is 6.54 Å². The number of benzene rings is 1. The zero-order valence-electron chi connectivity index (χ0n) is 15.7. The third-order valence-corrected chi connectivity index (χ3v) is 5.50. The first-order chi connectivity index (χ1) is 14.5. The van der Waals surface area contributed by atoms with E-state index < -0.39 is 10.8 Å². The van der Waals surface area contributed by atoms with Gasteiger partial charge in [0.05, 0.1) is 23.7 Å². The molecular weight excluding hydrogens is 404 g/mol. The number of fused-ring (bicyclic) bond motifs is 1. The van der Waals surface area contributed by atoms with Gasteiger partial charge in [0.2, 0.25) is 0 Å². The molecule has 9 heteroatoms. The van der Waals surface area contributed by atoms with Gasteiger partial charge in [-0.2, -0.15) is 4.99 Å². The molecule has 2 aromatic rings. The smallest absolute Gasteiger partial charge is 0.269 e. The highest BCUT2D eigenvalue weighted by molar-refractivity contribution is 7.09. The molecule has 2 aliphatic rings. The second-order valence-electron chi connectivity index (χ2n) is 6.67. The summed E-state index contributed by atoms with van der Waals surface area (Å²) < 4.78 is 0. The minimum absolute atomic E-state index is 0.0488. The number of carbonyl (C=O) groups excluding carboxylic acids is 2. The van der Waals surface area contributed by atoms with Crippen LogP contribution in [0, 0.1) is 16.0 Å². The maximum Gasteiger partial charge on any atom is 0.269 e. The van der Waals surface area contributed by atoms with E-state index in [0.29, 0.717) is 17.8 Å². The Labute approximate surface area is 175 Å². The molecule has 1 aromatic carbocycles. The van der Waals surface area contributed by atoms with Gasteiger partial charge in [-0.25, -0.2) is 4.99 Å². The van der Waals surface area contributed by atoms with Crippen LogP contribution in [0.4, 0.5) is 5.69 Å². The van der Waals surface area contributed by atoms with Crippen LogP contribution in [0.25, 0.3) is 0 Å². The quantitative estimate of drug-likeness (QED) is 0.527. The van der Waals surface area contributed by atoms with Gasteiger partial charge in [-0.3, -0.25) is 19.7 Å². The molecule has 150 valence electrons. The minimum atomic E-state index is -0.515. The molecule has 1 aliphatic carbocycles. The molecule has 0 fully saturated rings. The Balaban J connectivity index is 1.60. The van der Waals surface area contributed by atoms with Crippen LogP contribution in [0.1, 0.15) is 15.2 Å². The summed E-state index contributed by atoms with van der Waals surface area (Å²) in [5, 5.41) is 12.8. The molecule has 4 rings (SSSR count). The normalized spacial score (nSPS) is 17.2. The monoisotopic (exact) mass is 420 g/mol. The number of nitrogens with zero attached hydrogens (tertiary/aromatic N) is 4. The number of nitro groups is 1. The van der Waals surface area contributed by atoms with E-state index in [0.717, 1.165) is 4.88 Å². The number of thiophene rings is 1. The molecule has 0 N–H and O–H groups in total. The third-order valence-electron chi connectivity index (χ3n) is 4.64. The summed E-state index contributed by atoms with van der Waals surface area (Å²) in [6.07, 6.45) is 7.09. The lowest BCUT2D eigenvalue weighted by Gasteiger charge is -2.24. The largest absolute Gasteiger partial charge is 0.326 e. The van der Waals surface area contributed by atoms with Crippen LogP contribution in [0.5, 0.6) is 0 Å². The second-order valence-corrected chi connectivity index (χ2v) is 7.70. The fourth-order valence-corrected chi connectivity index (χ4v) is 3.88. The van der Waals surface area contributed by atoms with Crippen molar-refractivity contribution >= 4 is 40.4 Å². The van der Waals surface area contributed by atoms with E-state index in [1.54, 1.807) is 24.3 Å². The number of non-ortho nitro benzene ring substituents is 1. The average Bonchev–Trinajstić information content (AvgIpc) is 3.26. The molecular formula is C21H16N4O4S. The molecule has 2 heterocycles. The number of amidine groups is 1. The predicted molar refractivity (Wildman–Crippen MR) is 114 cm³/mol. The molecule has 1 atom stereocenters. The number of rotatable bonds is 6. The van der Waals surface area contributed by atoms with E-state index in [4.69, 9.17) is 0 Å². The van der Waals surface area contributed by atoms with E-state index in [1.165, 1.54) is 40.5 Å². The first kappa shape index (κ1) is 19.6. The number of amides is 2. The van der Waals surface area contributed by atoms with Gasteiger partial charge in [0.15, 0.2) is 5.84 Å². The number of carbonyl (C=O) groups is 2. The van der Waals surface area contributed by atoms with E-state index in [1.807, 2.05) is 17.5 Å². The molecule has 1 aliphatic heterocycles. The fourth-order valence-electron chi connectivity index (χ4n) is 3.16. The highest BCUT2D eigenvalue weighted by atomic mass is 32.1. The third kappa shape index (κ3) is 4.15. The van der Waals surface area contributed by atoms with Crippen molar-refractivity contribution in [3.05, 3.63) is 86.6 Å². The Bertz CT molecular complexity index is 1110. The summed E-state index contributed by atoms with van der Waals surface area (Å²) in [5.74, 6) is -0.850. The number of hydrogen-bond acceptors (Lipinski definition) is 6. The van der Waals surface area contributed by atoms with Crippen LogP contribution in [0.2, 0.25) is 0 Å². The number of aliphatic imine (C=N–C) groups is 2. The molecule has 0 radical (unpaired) electrons. The highest BCUT2D eigenvalue weighted by Crippen LogP contribution is 2.20. The van der Waals surface area contributed by atoms with Crippen LogP contribution < -0.4 is 0 Å². The van der Waals surface area contributed by atoms with Crippen LogP contribution in [-0.4, -0.2) is 39.7 Å². The summed E-state index contributed by atoms with van der Waals surface area (Å²) in [5.41, 5.74) is 0.825. The summed E-state index contributed by atoms with van der Waals surface area (Å²) in [6, 6.07) is 9.23. The molecule has 0 saturated carbocycles. The average molecular weight is 420 g/mol. The van der Waals surface area contributed by atoms with E-state index >= 15 is 0 Å². The Morgan fingerprint density at radius 2 is 1.93 bits per heavy atom. The Morgan fingerprint density at radius 1 is 1.13 bits per heavy atom. The van der Waals surface area contributed by atoms with Crippen molar-refractivity contribution in [3.63, 3.8) is 0 Å². The maximum absolute atomic E-state index is 13.1. The number of hydrogen-bond donors (Lipinski definition) is 0. The number of allylic oxidation sites excluding steroid dienone is 3. The summed E-state index contributed by atoms with van der Waals surface area (Å²) in [6.45, 7) is 0.359. The van der Waals surface area contributed by atoms with E-state index in [-0.39, 0.29) is 29.9 Å². The number of nitro benzene ring substituents is 1. The van der Waals surface area contributed by atoms with Gasteiger partial charge in [-0.15, -0.1) is 11.3 Å². The van der Waals surface area contributed by atoms with E-state index in [2.05, 4.69) is 9.98 Å². The Hall–Kier alpha value is -3.72. The lowest BCUT2D eigenvalue weighted by molar-refractivity contribution is -0.384. The Morgan fingerprint density at radius 3 is 2.63 bits per heavy atom. The molecule has 1 unspecified atom stereocenters. The van der Waals surface area contributed by atoms with Gasteiger partial charge >= 0.3 is 0 Å². The van der Waals surface area contributed by atoms with Crippen LogP contribution in [0.3, 0.4) is 0 Å². The predicted octanol–water partition coefficient (Wildman–Crippen LogP) is 3.42. The van der Waals surface area contributed by atoms with Crippen LogP contribution in [0.15, 0.2) is 76.1 Å².